The normalized spacial score (nSPS) is 12.4. The monoisotopic (exact) mass is 303 g/mol. The summed E-state index contributed by atoms with van der Waals surface area (Å²) in [5.41, 5.74) is 3.51. The van der Waals surface area contributed by atoms with Crippen molar-refractivity contribution in [3.05, 3.63) is 65.0 Å². The van der Waals surface area contributed by atoms with E-state index in [1.807, 2.05) is 13.0 Å². The average Bonchev–Trinajstić information content (AvgIpc) is 2.47. The SMILES string of the molecule is CCNC(C)c1ccc(SCc2ccc(F)cc2C)cc1. The molecule has 2 aromatic rings. The zero-order valence-corrected chi connectivity index (χ0v) is 13.6. The van der Waals surface area contributed by atoms with Crippen LogP contribution in [0.15, 0.2) is 47.4 Å². The molecule has 21 heavy (non-hydrogen) atoms. The Bertz CT molecular complexity index is 580. The zero-order valence-electron chi connectivity index (χ0n) is 12.8. The number of rotatable bonds is 6. The average molecular weight is 303 g/mol. The first-order chi connectivity index (χ1) is 10.1. The summed E-state index contributed by atoms with van der Waals surface area (Å²) in [6.07, 6.45) is 0. The lowest BCUT2D eigenvalue weighted by Crippen LogP contribution is -2.17. The Morgan fingerprint density at radius 3 is 2.48 bits per heavy atom. The van der Waals surface area contributed by atoms with Crippen LogP contribution < -0.4 is 5.32 Å². The first-order valence-corrected chi connectivity index (χ1v) is 8.30. The summed E-state index contributed by atoms with van der Waals surface area (Å²) in [6.45, 7) is 7.22. The fraction of sp³-hybridized carbons (Fsp3) is 0.333. The van der Waals surface area contributed by atoms with Gasteiger partial charge in [-0.3, -0.25) is 0 Å². The van der Waals surface area contributed by atoms with Crippen LogP contribution in [-0.2, 0) is 5.75 Å². The molecule has 112 valence electrons. The second-order valence-corrected chi connectivity index (χ2v) is 6.26. The van der Waals surface area contributed by atoms with Gasteiger partial charge in [0.25, 0.3) is 0 Å². The van der Waals surface area contributed by atoms with E-state index >= 15 is 0 Å². The number of halogens is 1. The van der Waals surface area contributed by atoms with Gasteiger partial charge in [-0.1, -0.05) is 25.1 Å². The molecule has 3 heteroatoms. The molecule has 0 fully saturated rings. The maximum Gasteiger partial charge on any atom is 0.123 e. The van der Waals surface area contributed by atoms with Gasteiger partial charge in [-0.2, -0.15) is 0 Å². The molecule has 1 nitrogen and oxygen atoms in total. The van der Waals surface area contributed by atoms with Crippen molar-refractivity contribution in [3.8, 4) is 0 Å². The Morgan fingerprint density at radius 1 is 1.14 bits per heavy atom. The smallest absolute Gasteiger partial charge is 0.123 e. The molecule has 2 rings (SSSR count). The van der Waals surface area contributed by atoms with Crippen LogP contribution in [0, 0.1) is 12.7 Å². The van der Waals surface area contributed by atoms with Crippen molar-refractivity contribution >= 4 is 11.8 Å². The highest BCUT2D eigenvalue weighted by Crippen LogP contribution is 2.26. The van der Waals surface area contributed by atoms with Crippen molar-refractivity contribution < 1.29 is 4.39 Å². The number of hydrogen-bond donors (Lipinski definition) is 1. The van der Waals surface area contributed by atoms with Gasteiger partial charge in [0.05, 0.1) is 0 Å². The molecule has 1 N–H and O–H groups in total. The minimum absolute atomic E-state index is 0.164. The number of aryl methyl sites for hydroxylation is 1. The van der Waals surface area contributed by atoms with Gasteiger partial charge >= 0.3 is 0 Å². The van der Waals surface area contributed by atoms with Crippen LogP contribution >= 0.6 is 11.8 Å². The van der Waals surface area contributed by atoms with Crippen molar-refractivity contribution in [2.24, 2.45) is 0 Å². The van der Waals surface area contributed by atoms with E-state index in [1.165, 1.54) is 22.1 Å². The topological polar surface area (TPSA) is 12.0 Å². The van der Waals surface area contributed by atoms with Gasteiger partial charge in [0, 0.05) is 16.7 Å². The third-order valence-electron chi connectivity index (χ3n) is 3.59. The summed E-state index contributed by atoms with van der Waals surface area (Å²) in [5.74, 6) is 0.705. The molecule has 0 radical (unpaired) electrons. The molecule has 0 heterocycles. The molecule has 0 amide bonds. The largest absolute Gasteiger partial charge is 0.310 e. The first kappa shape index (κ1) is 16.1. The van der Waals surface area contributed by atoms with Crippen LogP contribution in [0.25, 0.3) is 0 Å². The Labute approximate surface area is 131 Å². The fourth-order valence-electron chi connectivity index (χ4n) is 2.26. The molecule has 1 atom stereocenters. The molecule has 0 aliphatic carbocycles. The Balaban J connectivity index is 1.97. The molecule has 0 saturated carbocycles. The van der Waals surface area contributed by atoms with E-state index in [0.29, 0.717) is 6.04 Å². The van der Waals surface area contributed by atoms with Crippen molar-refractivity contribution in [2.45, 2.75) is 37.5 Å². The van der Waals surface area contributed by atoms with Gasteiger partial charge in [0.2, 0.25) is 0 Å². The molecule has 0 spiro atoms. The summed E-state index contributed by atoms with van der Waals surface area (Å²) in [5, 5.41) is 3.41. The zero-order chi connectivity index (χ0) is 15.2. The minimum atomic E-state index is -0.164. The summed E-state index contributed by atoms with van der Waals surface area (Å²) in [7, 11) is 0. The van der Waals surface area contributed by atoms with E-state index in [2.05, 4.69) is 43.4 Å². The molecule has 0 saturated heterocycles. The predicted molar refractivity (Wildman–Crippen MR) is 89.2 cm³/mol. The highest BCUT2D eigenvalue weighted by Gasteiger charge is 2.05. The van der Waals surface area contributed by atoms with Crippen molar-refractivity contribution in [1.82, 2.24) is 5.32 Å². The lowest BCUT2D eigenvalue weighted by atomic mass is 10.1. The molecular formula is C18H22FNS. The molecule has 0 bridgehead atoms. The lowest BCUT2D eigenvalue weighted by Gasteiger charge is -2.13. The van der Waals surface area contributed by atoms with Gasteiger partial charge in [-0.25, -0.2) is 4.39 Å². The van der Waals surface area contributed by atoms with Crippen LogP contribution in [0.5, 0.6) is 0 Å². The Kier molecular flexibility index (Phi) is 5.83. The third kappa shape index (κ3) is 4.58. The molecule has 1 unspecified atom stereocenters. The van der Waals surface area contributed by atoms with E-state index in [4.69, 9.17) is 0 Å². The van der Waals surface area contributed by atoms with E-state index < -0.39 is 0 Å². The van der Waals surface area contributed by atoms with Gasteiger partial charge < -0.3 is 5.32 Å². The Morgan fingerprint density at radius 2 is 1.86 bits per heavy atom. The maximum atomic E-state index is 13.1. The summed E-state index contributed by atoms with van der Waals surface area (Å²) in [6, 6.07) is 14.0. The highest BCUT2D eigenvalue weighted by atomic mass is 32.2. The number of benzene rings is 2. The molecule has 0 aliphatic heterocycles. The van der Waals surface area contributed by atoms with Gasteiger partial charge in [0.15, 0.2) is 0 Å². The standard InChI is InChI=1S/C18H22FNS/c1-4-20-14(3)15-6-9-18(10-7-15)21-12-16-5-8-17(19)11-13(16)2/h5-11,14,20H,4,12H2,1-3H3. The van der Waals surface area contributed by atoms with E-state index in [-0.39, 0.29) is 5.82 Å². The molecular weight excluding hydrogens is 281 g/mol. The van der Waals surface area contributed by atoms with Crippen molar-refractivity contribution in [3.63, 3.8) is 0 Å². The molecule has 0 aliphatic rings. The number of thioether (sulfide) groups is 1. The minimum Gasteiger partial charge on any atom is -0.310 e. The van der Waals surface area contributed by atoms with Gasteiger partial charge in [-0.15, -0.1) is 11.8 Å². The second-order valence-electron chi connectivity index (χ2n) is 5.21. The first-order valence-electron chi connectivity index (χ1n) is 7.31. The fourth-order valence-corrected chi connectivity index (χ4v) is 3.23. The summed E-state index contributed by atoms with van der Waals surface area (Å²) < 4.78 is 13.1. The maximum absolute atomic E-state index is 13.1. The van der Waals surface area contributed by atoms with Crippen LogP contribution in [0.3, 0.4) is 0 Å². The third-order valence-corrected chi connectivity index (χ3v) is 4.65. The number of nitrogens with one attached hydrogen (secondary N) is 1. The van der Waals surface area contributed by atoms with Crippen molar-refractivity contribution in [2.75, 3.05) is 6.54 Å². The van der Waals surface area contributed by atoms with Gasteiger partial charge in [-0.05, 0) is 61.3 Å². The quantitative estimate of drug-likeness (QED) is 0.745. The predicted octanol–water partition coefficient (Wildman–Crippen LogP) is 5.10. The van der Waals surface area contributed by atoms with Crippen LogP contribution in [0.1, 0.15) is 36.6 Å². The van der Waals surface area contributed by atoms with Crippen LogP contribution in [-0.4, -0.2) is 6.54 Å². The van der Waals surface area contributed by atoms with E-state index in [9.17, 15) is 4.39 Å². The van der Waals surface area contributed by atoms with Gasteiger partial charge in [0.1, 0.15) is 5.82 Å². The second kappa shape index (κ2) is 7.62. The van der Waals surface area contributed by atoms with Crippen LogP contribution in [0.4, 0.5) is 4.39 Å². The highest BCUT2D eigenvalue weighted by molar-refractivity contribution is 7.98. The van der Waals surface area contributed by atoms with Crippen molar-refractivity contribution in [1.29, 1.82) is 0 Å². The van der Waals surface area contributed by atoms with E-state index in [1.54, 1.807) is 17.8 Å². The summed E-state index contributed by atoms with van der Waals surface area (Å²) >= 11 is 1.78. The molecule has 0 aromatic heterocycles. The number of hydrogen-bond acceptors (Lipinski definition) is 2. The molecule has 2 aromatic carbocycles. The summed E-state index contributed by atoms with van der Waals surface area (Å²) in [4.78, 5) is 1.24. The van der Waals surface area contributed by atoms with Crippen LogP contribution in [0.2, 0.25) is 0 Å². The lowest BCUT2D eigenvalue weighted by molar-refractivity contribution is 0.598. The van der Waals surface area contributed by atoms with E-state index in [0.717, 1.165) is 17.9 Å². The Hall–Kier alpha value is -1.32.